The minimum atomic E-state index is 1.07. The van der Waals surface area contributed by atoms with Crippen molar-refractivity contribution in [3.63, 3.8) is 0 Å². The third-order valence-corrected chi connectivity index (χ3v) is 3.41. The van der Waals surface area contributed by atoms with Gasteiger partial charge in [0.15, 0.2) is 0 Å². The number of hydrogen-bond donors (Lipinski definition) is 0. The SMILES string of the molecule is Cc1ccc(-c2ccc3c(c2)[CH]CCC3)cn1. The van der Waals surface area contributed by atoms with E-state index in [2.05, 4.69) is 41.7 Å². The fraction of sp³-hybridized carbons (Fsp3) is 0.250. The van der Waals surface area contributed by atoms with E-state index in [1.165, 1.54) is 41.5 Å². The number of rotatable bonds is 1. The van der Waals surface area contributed by atoms with Crippen molar-refractivity contribution in [3.8, 4) is 11.1 Å². The van der Waals surface area contributed by atoms with Gasteiger partial charge < -0.3 is 0 Å². The Labute approximate surface area is 103 Å². The van der Waals surface area contributed by atoms with Gasteiger partial charge in [-0.1, -0.05) is 24.3 Å². The van der Waals surface area contributed by atoms with E-state index in [0.717, 1.165) is 5.69 Å². The first kappa shape index (κ1) is 10.5. The predicted molar refractivity (Wildman–Crippen MR) is 70.8 cm³/mol. The van der Waals surface area contributed by atoms with Gasteiger partial charge >= 0.3 is 0 Å². The molecule has 0 spiro atoms. The number of nitrogens with zero attached hydrogens (tertiary/aromatic N) is 1. The number of pyridine rings is 1. The molecule has 0 bridgehead atoms. The third kappa shape index (κ3) is 2.10. The lowest BCUT2D eigenvalue weighted by molar-refractivity contribution is 0.775. The van der Waals surface area contributed by atoms with Crippen LogP contribution in [0.4, 0.5) is 0 Å². The molecule has 0 N–H and O–H groups in total. The van der Waals surface area contributed by atoms with Gasteiger partial charge in [0.1, 0.15) is 0 Å². The van der Waals surface area contributed by atoms with Crippen LogP contribution in [-0.4, -0.2) is 4.98 Å². The Kier molecular flexibility index (Phi) is 2.68. The minimum Gasteiger partial charge on any atom is -0.261 e. The smallest absolute Gasteiger partial charge is 0.0373 e. The number of aryl methyl sites for hydroxylation is 2. The van der Waals surface area contributed by atoms with Crippen molar-refractivity contribution in [2.24, 2.45) is 0 Å². The molecular formula is C16H16N. The van der Waals surface area contributed by atoms with Crippen LogP contribution in [0.3, 0.4) is 0 Å². The molecule has 1 aliphatic carbocycles. The maximum Gasteiger partial charge on any atom is 0.0373 e. The summed E-state index contributed by atoms with van der Waals surface area (Å²) in [4.78, 5) is 4.36. The Hall–Kier alpha value is -1.63. The third-order valence-electron chi connectivity index (χ3n) is 3.41. The van der Waals surface area contributed by atoms with Crippen LogP contribution in [0, 0.1) is 13.3 Å². The molecule has 1 heterocycles. The van der Waals surface area contributed by atoms with Gasteiger partial charge in [-0.2, -0.15) is 0 Å². The second-order valence-electron chi connectivity index (χ2n) is 4.70. The zero-order valence-electron chi connectivity index (χ0n) is 10.1. The Morgan fingerprint density at radius 3 is 2.76 bits per heavy atom. The summed E-state index contributed by atoms with van der Waals surface area (Å²) in [5, 5.41) is 0. The van der Waals surface area contributed by atoms with Crippen molar-refractivity contribution in [1.29, 1.82) is 0 Å². The molecule has 1 nitrogen and oxygen atoms in total. The van der Waals surface area contributed by atoms with Crippen LogP contribution in [0.15, 0.2) is 36.5 Å². The van der Waals surface area contributed by atoms with E-state index in [-0.39, 0.29) is 0 Å². The lowest BCUT2D eigenvalue weighted by Crippen LogP contribution is -2.00. The molecule has 1 heteroatoms. The quantitative estimate of drug-likeness (QED) is 0.712. The molecule has 0 amide bonds. The van der Waals surface area contributed by atoms with E-state index >= 15 is 0 Å². The van der Waals surface area contributed by atoms with Gasteiger partial charge in [-0.3, -0.25) is 4.98 Å². The molecule has 17 heavy (non-hydrogen) atoms. The Bertz CT molecular complexity index is 526. The highest BCUT2D eigenvalue weighted by Gasteiger charge is 2.10. The molecular weight excluding hydrogens is 206 g/mol. The average Bonchev–Trinajstić information content (AvgIpc) is 2.39. The summed E-state index contributed by atoms with van der Waals surface area (Å²) in [5.41, 5.74) is 6.44. The molecule has 2 aromatic rings. The minimum absolute atomic E-state index is 1.07. The van der Waals surface area contributed by atoms with Gasteiger partial charge in [0.25, 0.3) is 0 Å². The van der Waals surface area contributed by atoms with Gasteiger partial charge in [-0.15, -0.1) is 0 Å². The molecule has 1 aromatic heterocycles. The van der Waals surface area contributed by atoms with Crippen LogP contribution >= 0.6 is 0 Å². The van der Waals surface area contributed by atoms with Crippen LogP contribution < -0.4 is 0 Å². The number of hydrogen-bond acceptors (Lipinski definition) is 1. The molecule has 0 saturated heterocycles. The molecule has 0 atom stereocenters. The topological polar surface area (TPSA) is 12.9 Å². The second-order valence-corrected chi connectivity index (χ2v) is 4.70. The maximum absolute atomic E-state index is 4.36. The highest BCUT2D eigenvalue weighted by molar-refractivity contribution is 5.65. The number of fused-ring (bicyclic) bond motifs is 1. The molecule has 1 aliphatic rings. The van der Waals surface area contributed by atoms with Crippen molar-refractivity contribution in [2.45, 2.75) is 26.2 Å². The van der Waals surface area contributed by atoms with Gasteiger partial charge in [0.05, 0.1) is 0 Å². The van der Waals surface area contributed by atoms with E-state index in [9.17, 15) is 0 Å². The summed E-state index contributed by atoms with van der Waals surface area (Å²) in [6.45, 7) is 2.02. The van der Waals surface area contributed by atoms with Gasteiger partial charge in [-0.25, -0.2) is 0 Å². The predicted octanol–water partition coefficient (Wildman–Crippen LogP) is 3.95. The van der Waals surface area contributed by atoms with Crippen LogP contribution in [0.5, 0.6) is 0 Å². The summed E-state index contributed by atoms with van der Waals surface area (Å²) < 4.78 is 0. The first-order valence-electron chi connectivity index (χ1n) is 6.22. The van der Waals surface area contributed by atoms with Crippen molar-refractivity contribution in [3.05, 3.63) is 59.8 Å². The van der Waals surface area contributed by atoms with E-state index in [0.29, 0.717) is 0 Å². The molecule has 0 unspecified atom stereocenters. The molecule has 3 rings (SSSR count). The van der Waals surface area contributed by atoms with Crippen molar-refractivity contribution < 1.29 is 0 Å². The molecule has 0 saturated carbocycles. The normalized spacial score (nSPS) is 14.4. The molecule has 85 valence electrons. The average molecular weight is 222 g/mol. The molecule has 1 radical (unpaired) electrons. The Balaban J connectivity index is 2.01. The lowest BCUT2D eigenvalue weighted by atomic mass is 9.89. The summed E-state index contributed by atoms with van der Waals surface area (Å²) in [7, 11) is 0. The highest BCUT2D eigenvalue weighted by atomic mass is 14.7. The van der Waals surface area contributed by atoms with Gasteiger partial charge in [0, 0.05) is 17.5 Å². The summed E-state index contributed by atoms with van der Waals surface area (Å²) in [5.74, 6) is 0. The van der Waals surface area contributed by atoms with Gasteiger partial charge in [0.2, 0.25) is 0 Å². The summed E-state index contributed by atoms with van der Waals surface area (Å²) in [6, 6.07) is 11.0. The monoisotopic (exact) mass is 222 g/mol. The largest absolute Gasteiger partial charge is 0.261 e. The second kappa shape index (κ2) is 4.33. The number of aromatic nitrogens is 1. The Morgan fingerprint density at radius 1 is 1.06 bits per heavy atom. The van der Waals surface area contributed by atoms with Crippen LogP contribution in [-0.2, 0) is 6.42 Å². The zero-order valence-corrected chi connectivity index (χ0v) is 10.1. The van der Waals surface area contributed by atoms with E-state index in [1.54, 1.807) is 0 Å². The van der Waals surface area contributed by atoms with Crippen molar-refractivity contribution in [1.82, 2.24) is 4.98 Å². The Morgan fingerprint density at radius 2 is 1.94 bits per heavy atom. The first-order valence-corrected chi connectivity index (χ1v) is 6.22. The van der Waals surface area contributed by atoms with E-state index in [4.69, 9.17) is 0 Å². The number of benzene rings is 1. The van der Waals surface area contributed by atoms with E-state index in [1.807, 2.05) is 13.1 Å². The highest BCUT2D eigenvalue weighted by Crippen LogP contribution is 2.28. The van der Waals surface area contributed by atoms with Crippen LogP contribution in [0.1, 0.15) is 29.7 Å². The fourth-order valence-electron chi connectivity index (χ4n) is 2.38. The first-order chi connectivity index (χ1) is 8.33. The molecule has 0 aliphatic heterocycles. The molecule has 0 fully saturated rings. The zero-order chi connectivity index (χ0) is 11.7. The van der Waals surface area contributed by atoms with Crippen LogP contribution in [0.2, 0.25) is 0 Å². The lowest BCUT2D eigenvalue weighted by Gasteiger charge is -2.16. The summed E-state index contributed by atoms with van der Waals surface area (Å²) in [6.07, 6.45) is 8.03. The maximum atomic E-state index is 4.36. The van der Waals surface area contributed by atoms with Crippen molar-refractivity contribution in [2.75, 3.05) is 0 Å². The molecule has 1 aromatic carbocycles. The van der Waals surface area contributed by atoms with Gasteiger partial charge in [-0.05, 0) is 55.4 Å². The standard InChI is InChI=1S/C16H16N/c1-12-6-7-16(11-17-12)15-9-8-13-4-2-3-5-14(13)10-15/h5-11H,2-4H2,1H3. The van der Waals surface area contributed by atoms with Crippen molar-refractivity contribution >= 4 is 0 Å². The van der Waals surface area contributed by atoms with E-state index < -0.39 is 0 Å². The fourth-order valence-corrected chi connectivity index (χ4v) is 2.38. The summed E-state index contributed by atoms with van der Waals surface area (Å²) >= 11 is 0. The van der Waals surface area contributed by atoms with Crippen LogP contribution in [0.25, 0.3) is 11.1 Å².